The molecule has 1 heterocycles. The zero-order valence-corrected chi connectivity index (χ0v) is 13.8. The van der Waals surface area contributed by atoms with Crippen LogP contribution in [-0.2, 0) is 4.79 Å². The lowest BCUT2D eigenvalue weighted by atomic mass is 10.1. The van der Waals surface area contributed by atoms with Crippen molar-refractivity contribution in [3.63, 3.8) is 0 Å². The Morgan fingerprint density at radius 1 is 1.39 bits per heavy atom. The van der Waals surface area contributed by atoms with Gasteiger partial charge in [-0.25, -0.2) is 0 Å². The van der Waals surface area contributed by atoms with Crippen LogP contribution in [0.25, 0.3) is 6.08 Å². The average Bonchev–Trinajstić information content (AvgIpc) is 2.58. The highest BCUT2D eigenvalue weighted by Crippen LogP contribution is 2.06. The van der Waals surface area contributed by atoms with Crippen molar-refractivity contribution in [1.82, 2.24) is 15.1 Å². The van der Waals surface area contributed by atoms with E-state index in [2.05, 4.69) is 35.2 Å². The van der Waals surface area contributed by atoms with E-state index in [4.69, 9.17) is 5.26 Å². The maximum atomic E-state index is 11.9. The van der Waals surface area contributed by atoms with Gasteiger partial charge >= 0.3 is 0 Å². The minimum Gasteiger partial charge on any atom is -0.351 e. The van der Waals surface area contributed by atoms with Crippen LogP contribution in [0.5, 0.6) is 0 Å². The van der Waals surface area contributed by atoms with Crippen molar-refractivity contribution < 1.29 is 4.79 Å². The van der Waals surface area contributed by atoms with Gasteiger partial charge in [-0.1, -0.05) is 12.1 Å². The van der Waals surface area contributed by atoms with Gasteiger partial charge in [-0.2, -0.15) is 5.26 Å². The third-order valence-electron chi connectivity index (χ3n) is 4.18. The standard InChI is InChI=1S/C18H24N4O/c1-15(22-10-8-21(2)9-11-22)14-20-18(23)7-6-16-4-3-5-17(12-16)13-19/h3-7,12,15H,8-11,14H2,1-2H3,(H,20,23)/b7-6+. The Balaban J connectivity index is 1.78. The molecule has 23 heavy (non-hydrogen) atoms. The summed E-state index contributed by atoms with van der Waals surface area (Å²) in [7, 11) is 2.13. The summed E-state index contributed by atoms with van der Waals surface area (Å²) >= 11 is 0. The maximum absolute atomic E-state index is 11.9. The Hall–Kier alpha value is -2.16. The van der Waals surface area contributed by atoms with E-state index in [0.29, 0.717) is 18.2 Å². The largest absolute Gasteiger partial charge is 0.351 e. The molecule has 122 valence electrons. The van der Waals surface area contributed by atoms with Crippen LogP contribution in [0.15, 0.2) is 30.3 Å². The highest BCUT2D eigenvalue weighted by Gasteiger charge is 2.18. The molecule has 1 unspecified atom stereocenters. The highest BCUT2D eigenvalue weighted by molar-refractivity contribution is 5.91. The topological polar surface area (TPSA) is 59.4 Å². The number of rotatable bonds is 5. The molecule has 1 atom stereocenters. The number of hydrogen-bond donors (Lipinski definition) is 1. The van der Waals surface area contributed by atoms with E-state index >= 15 is 0 Å². The second-order valence-corrected chi connectivity index (χ2v) is 6.00. The number of likely N-dealkylation sites (N-methyl/N-ethyl adjacent to an activating group) is 1. The van der Waals surface area contributed by atoms with Crippen molar-refractivity contribution in [2.24, 2.45) is 0 Å². The minimum atomic E-state index is -0.103. The molecule has 0 aromatic heterocycles. The van der Waals surface area contributed by atoms with E-state index in [1.165, 1.54) is 6.08 Å². The van der Waals surface area contributed by atoms with E-state index in [-0.39, 0.29) is 5.91 Å². The molecular formula is C18H24N4O. The predicted octanol–water partition coefficient (Wildman–Crippen LogP) is 1.32. The van der Waals surface area contributed by atoms with Crippen molar-refractivity contribution in [3.05, 3.63) is 41.5 Å². The molecule has 1 aromatic rings. The Kier molecular flexibility index (Phi) is 6.33. The normalized spacial score (nSPS) is 17.8. The number of carbonyl (C=O) groups excluding carboxylic acids is 1. The van der Waals surface area contributed by atoms with Crippen molar-refractivity contribution in [2.45, 2.75) is 13.0 Å². The number of nitrogens with zero attached hydrogens (tertiary/aromatic N) is 3. The first kappa shape index (κ1) is 17.2. The number of hydrogen-bond acceptors (Lipinski definition) is 4. The molecule has 1 saturated heterocycles. The molecule has 1 fully saturated rings. The first-order chi connectivity index (χ1) is 11.1. The number of nitrogens with one attached hydrogen (secondary N) is 1. The van der Waals surface area contributed by atoms with Crippen molar-refractivity contribution in [2.75, 3.05) is 39.8 Å². The van der Waals surface area contributed by atoms with E-state index < -0.39 is 0 Å². The molecule has 1 amide bonds. The van der Waals surface area contributed by atoms with Gasteiger partial charge in [0.2, 0.25) is 5.91 Å². The first-order valence-electron chi connectivity index (χ1n) is 7.97. The monoisotopic (exact) mass is 312 g/mol. The van der Waals surface area contributed by atoms with E-state index in [1.54, 1.807) is 18.2 Å². The number of benzene rings is 1. The molecule has 0 spiro atoms. The Morgan fingerprint density at radius 3 is 2.83 bits per heavy atom. The van der Waals surface area contributed by atoms with Crippen LogP contribution in [0.2, 0.25) is 0 Å². The van der Waals surface area contributed by atoms with Crippen LogP contribution in [0.1, 0.15) is 18.1 Å². The van der Waals surface area contributed by atoms with Crippen LogP contribution < -0.4 is 5.32 Å². The summed E-state index contributed by atoms with van der Waals surface area (Å²) in [6, 6.07) is 9.62. The number of piperazine rings is 1. The lowest BCUT2D eigenvalue weighted by Crippen LogP contribution is -2.51. The van der Waals surface area contributed by atoms with Crippen molar-refractivity contribution in [3.8, 4) is 6.07 Å². The zero-order valence-electron chi connectivity index (χ0n) is 13.8. The minimum absolute atomic E-state index is 0.103. The van der Waals surface area contributed by atoms with Gasteiger partial charge in [0.15, 0.2) is 0 Å². The van der Waals surface area contributed by atoms with Gasteiger partial charge < -0.3 is 10.2 Å². The summed E-state index contributed by atoms with van der Waals surface area (Å²) in [6.07, 6.45) is 3.25. The molecule has 0 saturated carbocycles. The summed E-state index contributed by atoms with van der Waals surface area (Å²) in [5.74, 6) is -0.103. The van der Waals surface area contributed by atoms with Gasteiger partial charge in [-0.3, -0.25) is 9.69 Å². The Bertz CT molecular complexity index is 597. The van der Waals surface area contributed by atoms with Crippen LogP contribution in [0, 0.1) is 11.3 Å². The second-order valence-electron chi connectivity index (χ2n) is 6.00. The summed E-state index contributed by atoms with van der Waals surface area (Å²) in [5.41, 5.74) is 1.45. The Labute approximate surface area is 138 Å². The van der Waals surface area contributed by atoms with Crippen LogP contribution >= 0.6 is 0 Å². The van der Waals surface area contributed by atoms with Crippen molar-refractivity contribution in [1.29, 1.82) is 5.26 Å². The molecule has 5 nitrogen and oxygen atoms in total. The first-order valence-corrected chi connectivity index (χ1v) is 7.97. The molecular weight excluding hydrogens is 288 g/mol. The Morgan fingerprint density at radius 2 is 2.13 bits per heavy atom. The molecule has 0 aliphatic carbocycles. The molecule has 5 heteroatoms. The maximum Gasteiger partial charge on any atom is 0.244 e. The van der Waals surface area contributed by atoms with E-state index in [9.17, 15) is 4.79 Å². The van der Waals surface area contributed by atoms with Gasteiger partial charge in [0, 0.05) is 44.8 Å². The van der Waals surface area contributed by atoms with Crippen LogP contribution in [0.3, 0.4) is 0 Å². The van der Waals surface area contributed by atoms with E-state index in [1.807, 2.05) is 12.1 Å². The zero-order chi connectivity index (χ0) is 16.7. The molecule has 0 radical (unpaired) electrons. The van der Waals surface area contributed by atoms with Gasteiger partial charge in [-0.05, 0) is 37.7 Å². The summed E-state index contributed by atoms with van der Waals surface area (Å²) in [5, 5.41) is 11.8. The third-order valence-corrected chi connectivity index (χ3v) is 4.18. The molecule has 2 rings (SSSR count). The molecule has 1 aliphatic rings. The molecule has 1 aliphatic heterocycles. The number of nitriles is 1. The number of amides is 1. The summed E-state index contributed by atoms with van der Waals surface area (Å²) in [4.78, 5) is 16.6. The van der Waals surface area contributed by atoms with Gasteiger partial charge in [0.25, 0.3) is 0 Å². The quantitative estimate of drug-likeness (QED) is 0.833. The fraction of sp³-hybridized carbons (Fsp3) is 0.444. The lowest BCUT2D eigenvalue weighted by Gasteiger charge is -2.36. The highest BCUT2D eigenvalue weighted by atomic mass is 16.1. The molecule has 1 aromatic carbocycles. The fourth-order valence-corrected chi connectivity index (χ4v) is 2.58. The third kappa shape index (κ3) is 5.51. The van der Waals surface area contributed by atoms with Crippen molar-refractivity contribution >= 4 is 12.0 Å². The van der Waals surface area contributed by atoms with Crippen LogP contribution in [0.4, 0.5) is 0 Å². The predicted molar refractivity (Wildman–Crippen MR) is 91.7 cm³/mol. The second kappa shape index (κ2) is 8.47. The summed E-state index contributed by atoms with van der Waals surface area (Å²) in [6.45, 7) is 7.03. The average molecular weight is 312 g/mol. The smallest absolute Gasteiger partial charge is 0.244 e. The van der Waals surface area contributed by atoms with Gasteiger partial charge in [0.05, 0.1) is 11.6 Å². The SMILES string of the molecule is CC(CNC(=O)/C=C/c1cccc(C#N)c1)N1CCN(C)CC1. The van der Waals surface area contributed by atoms with Gasteiger partial charge in [0.1, 0.15) is 0 Å². The van der Waals surface area contributed by atoms with Crippen LogP contribution in [-0.4, -0.2) is 61.5 Å². The summed E-state index contributed by atoms with van der Waals surface area (Å²) < 4.78 is 0. The lowest BCUT2D eigenvalue weighted by molar-refractivity contribution is -0.116. The molecule has 0 bridgehead atoms. The van der Waals surface area contributed by atoms with E-state index in [0.717, 1.165) is 31.7 Å². The fourth-order valence-electron chi connectivity index (χ4n) is 2.58. The number of carbonyl (C=O) groups is 1. The molecule has 1 N–H and O–H groups in total. The van der Waals surface area contributed by atoms with Gasteiger partial charge in [-0.15, -0.1) is 0 Å².